The predicted octanol–water partition coefficient (Wildman–Crippen LogP) is 3.25. The Balaban J connectivity index is 1.61. The number of nitro benzene ring substituents is 1. The number of amides is 1. The van der Waals surface area contributed by atoms with Crippen LogP contribution in [0.5, 0.6) is 0 Å². The molecule has 0 saturated carbocycles. The number of morpholine rings is 1. The molecule has 0 atom stereocenters. The first-order chi connectivity index (χ1) is 15.1. The number of esters is 1. The van der Waals surface area contributed by atoms with Crippen molar-refractivity contribution in [2.45, 2.75) is 6.18 Å². The molecule has 0 radical (unpaired) electrons. The van der Waals surface area contributed by atoms with Crippen molar-refractivity contribution < 1.29 is 37.2 Å². The fraction of sp³-hybridized carbons (Fsp3) is 0.300. The minimum absolute atomic E-state index is 0.0875. The van der Waals surface area contributed by atoms with Gasteiger partial charge in [0.2, 0.25) is 0 Å². The van der Waals surface area contributed by atoms with Crippen LogP contribution in [0.25, 0.3) is 0 Å². The van der Waals surface area contributed by atoms with Gasteiger partial charge in [-0.05, 0) is 36.4 Å². The van der Waals surface area contributed by atoms with E-state index in [0.29, 0.717) is 32.0 Å². The van der Waals surface area contributed by atoms with E-state index < -0.39 is 35.1 Å². The lowest BCUT2D eigenvalue weighted by Gasteiger charge is -2.28. The van der Waals surface area contributed by atoms with E-state index >= 15 is 0 Å². The molecule has 170 valence electrons. The van der Waals surface area contributed by atoms with Gasteiger partial charge in [-0.25, -0.2) is 4.79 Å². The number of anilines is 2. The normalized spacial score (nSPS) is 14.0. The fourth-order valence-electron chi connectivity index (χ4n) is 3.02. The monoisotopic (exact) mass is 453 g/mol. The Hall–Kier alpha value is -3.67. The highest BCUT2D eigenvalue weighted by atomic mass is 19.4. The number of carbonyl (C=O) groups is 2. The number of hydrogen-bond donors (Lipinski definition) is 1. The minimum Gasteiger partial charge on any atom is -0.452 e. The summed E-state index contributed by atoms with van der Waals surface area (Å²) in [6, 6.07) is 7.59. The number of nitrogens with one attached hydrogen (secondary N) is 1. The minimum atomic E-state index is -4.50. The van der Waals surface area contributed by atoms with Gasteiger partial charge in [-0.1, -0.05) is 0 Å². The molecule has 32 heavy (non-hydrogen) atoms. The molecule has 1 N–H and O–H groups in total. The van der Waals surface area contributed by atoms with E-state index in [2.05, 4.69) is 5.32 Å². The van der Waals surface area contributed by atoms with Crippen LogP contribution < -0.4 is 10.2 Å². The SMILES string of the molecule is O=C(COC(=O)c1ccc(N2CCOCC2)c([N+](=O)[O-])c1)Nc1ccc(C(F)(F)F)cc1. The van der Waals surface area contributed by atoms with E-state index in [1.807, 2.05) is 0 Å². The molecule has 1 amide bonds. The zero-order valence-corrected chi connectivity index (χ0v) is 16.6. The average Bonchev–Trinajstić information content (AvgIpc) is 2.77. The zero-order chi connectivity index (χ0) is 23.3. The van der Waals surface area contributed by atoms with Gasteiger partial charge in [-0.3, -0.25) is 14.9 Å². The fourth-order valence-corrected chi connectivity index (χ4v) is 3.02. The zero-order valence-electron chi connectivity index (χ0n) is 16.6. The van der Waals surface area contributed by atoms with Crippen molar-refractivity contribution in [3.05, 3.63) is 63.7 Å². The summed E-state index contributed by atoms with van der Waals surface area (Å²) in [7, 11) is 0. The molecule has 1 fully saturated rings. The average molecular weight is 453 g/mol. The number of alkyl halides is 3. The molecular formula is C20H18F3N3O6. The topological polar surface area (TPSA) is 111 Å². The van der Waals surface area contributed by atoms with Crippen LogP contribution in [0.2, 0.25) is 0 Å². The second-order valence-electron chi connectivity index (χ2n) is 6.76. The maximum atomic E-state index is 12.6. The Bertz CT molecular complexity index is 1000. The maximum Gasteiger partial charge on any atom is 0.416 e. The Morgan fingerprint density at radius 2 is 1.78 bits per heavy atom. The van der Waals surface area contributed by atoms with Gasteiger partial charge in [0.15, 0.2) is 6.61 Å². The summed E-state index contributed by atoms with van der Waals surface area (Å²) < 4.78 is 47.8. The van der Waals surface area contributed by atoms with Gasteiger partial charge >= 0.3 is 12.1 Å². The van der Waals surface area contributed by atoms with Crippen molar-refractivity contribution in [2.75, 3.05) is 43.1 Å². The summed E-state index contributed by atoms with van der Waals surface area (Å²) in [6.07, 6.45) is -4.50. The summed E-state index contributed by atoms with van der Waals surface area (Å²) in [6.45, 7) is 1.06. The summed E-state index contributed by atoms with van der Waals surface area (Å²) >= 11 is 0. The van der Waals surface area contributed by atoms with Crippen LogP contribution >= 0.6 is 0 Å². The lowest BCUT2D eigenvalue weighted by molar-refractivity contribution is -0.384. The largest absolute Gasteiger partial charge is 0.452 e. The first kappa shape index (κ1) is 23.0. The van der Waals surface area contributed by atoms with Crippen LogP contribution in [-0.4, -0.2) is 49.7 Å². The van der Waals surface area contributed by atoms with Gasteiger partial charge in [0.1, 0.15) is 5.69 Å². The van der Waals surface area contributed by atoms with E-state index in [4.69, 9.17) is 9.47 Å². The van der Waals surface area contributed by atoms with E-state index in [1.165, 1.54) is 12.1 Å². The van der Waals surface area contributed by atoms with Crippen LogP contribution in [0, 0.1) is 10.1 Å². The van der Waals surface area contributed by atoms with Gasteiger partial charge in [0, 0.05) is 24.8 Å². The number of nitrogens with zero attached hydrogens (tertiary/aromatic N) is 2. The number of carbonyl (C=O) groups excluding carboxylic acids is 2. The highest BCUT2D eigenvalue weighted by Gasteiger charge is 2.30. The van der Waals surface area contributed by atoms with Crippen LogP contribution in [0.4, 0.5) is 30.2 Å². The first-order valence-electron chi connectivity index (χ1n) is 9.40. The predicted molar refractivity (Wildman–Crippen MR) is 106 cm³/mol. The van der Waals surface area contributed by atoms with Crippen LogP contribution in [0.1, 0.15) is 15.9 Å². The molecule has 0 spiro atoms. The Morgan fingerprint density at radius 1 is 1.12 bits per heavy atom. The number of benzene rings is 2. The van der Waals surface area contributed by atoms with Gasteiger partial charge in [0.25, 0.3) is 11.6 Å². The summed E-state index contributed by atoms with van der Waals surface area (Å²) in [4.78, 5) is 36.8. The molecule has 3 rings (SSSR count). The van der Waals surface area contributed by atoms with Crippen molar-refractivity contribution in [3.8, 4) is 0 Å². The molecule has 1 heterocycles. The molecule has 0 unspecified atom stereocenters. The van der Waals surface area contributed by atoms with Crippen LogP contribution in [-0.2, 0) is 20.4 Å². The van der Waals surface area contributed by atoms with Crippen molar-refractivity contribution in [3.63, 3.8) is 0 Å². The molecule has 9 nitrogen and oxygen atoms in total. The molecule has 12 heteroatoms. The summed E-state index contributed by atoms with van der Waals surface area (Å²) in [5.74, 6) is -1.73. The van der Waals surface area contributed by atoms with Gasteiger partial charge in [0.05, 0.1) is 29.3 Å². The van der Waals surface area contributed by atoms with Crippen molar-refractivity contribution >= 4 is 28.9 Å². The highest BCUT2D eigenvalue weighted by molar-refractivity contribution is 5.96. The van der Waals surface area contributed by atoms with Crippen molar-refractivity contribution in [2.24, 2.45) is 0 Å². The standard InChI is InChI=1S/C20H18F3N3O6/c21-20(22,23)14-2-4-15(5-3-14)24-18(27)12-32-19(28)13-1-6-16(17(11-13)26(29)30)25-7-9-31-10-8-25/h1-6,11H,7-10,12H2,(H,24,27). The van der Waals surface area contributed by atoms with E-state index in [0.717, 1.165) is 30.3 Å². The molecule has 0 aliphatic carbocycles. The molecule has 1 saturated heterocycles. The molecule has 2 aromatic rings. The Kier molecular flexibility index (Phi) is 6.93. The summed E-state index contributed by atoms with van der Waals surface area (Å²) in [5, 5.41) is 13.8. The highest BCUT2D eigenvalue weighted by Crippen LogP contribution is 2.31. The lowest BCUT2D eigenvalue weighted by atomic mass is 10.1. The number of halogens is 3. The van der Waals surface area contributed by atoms with E-state index in [-0.39, 0.29) is 16.9 Å². The van der Waals surface area contributed by atoms with Gasteiger partial charge in [-0.2, -0.15) is 13.2 Å². The molecule has 0 aromatic heterocycles. The number of nitro groups is 1. The quantitative estimate of drug-likeness (QED) is 0.406. The molecular weight excluding hydrogens is 435 g/mol. The first-order valence-corrected chi connectivity index (χ1v) is 9.40. The molecule has 2 aromatic carbocycles. The lowest BCUT2D eigenvalue weighted by Crippen LogP contribution is -2.36. The molecule has 0 bridgehead atoms. The maximum absolute atomic E-state index is 12.6. The Morgan fingerprint density at radius 3 is 2.38 bits per heavy atom. The second-order valence-corrected chi connectivity index (χ2v) is 6.76. The summed E-state index contributed by atoms with van der Waals surface area (Å²) in [5.41, 5.74) is -0.838. The third-order valence-electron chi connectivity index (χ3n) is 4.59. The van der Waals surface area contributed by atoms with E-state index in [9.17, 15) is 32.9 Å². The number of rotatable bonds is 6. The van der Waals surface area contributed by atoms with Crippen LogP contribution in [0.3, 0.4) is 0 Å². The van der Waals surface area contributed by atoms with Crippen LogP contribution in [0.15, 0.2) is 42.5 Å². The Labute approximate surface area is 179 Å². The molecule has 1 aliphatic rings. The number of hydrogen-bond acceptors (Lipinski definition) is 7. The third-order valence-corrected chi connectivity index (χ3v) is 4.59. The van der Waals surface area contributed by atoms with E-state index in [1.54, 1.807) is 4.90 Å². The van der Waals surface area contributed by atoms with Gasteiger partial charge < -0.3 is 19.7 Å². The number of ether oxygens (including phenoxy) is 2. The van der Waals surface area contributed by atoms with Crippen molar-refractivity contribution in [1.82, 2.24) is 0 Å². The third kappa shape index (κ3) is 5.72. The van der Waals surface area contributed by atoms with Crippen molar-refractivity contribution in [1.29, 1.82) is 0 Å². The second kappa shape index (κ2) is 9.64. The molecule has 1 aliphatic heterocycles. The van der Waals surface area contributed by atoms with Gasteiger partial charge in [-0.15, -0.1) is 0 Å². The smallest absolute Gasteiger partial charge is 0.416 e.